The first kappa shape index (κ1) is 8.76. The quantitative estimate of drug-likeness (QED) is 0.697. The monoisotopic (exact) mass is 175 g/mol. The minimum absolute atomic E-state index is 0.172. The van der Waals surface area contributed by atoms with Gasteiger partial charge < -0.3 is 5.73 Å². The summed E-state index contributed by atoms with van der Waals surface area (Å²) in [7, 11) is 0. The molecule has 0 fully saturated rings. The first-order valence-corrected chi connectivity index (χ1v) is 5.07. The summed E-state index contributed by atoms with van der Waals surface area (Å²) in [5.41, 5.74) is 11.8. The fraction of sp³-hybridized carbons (Fsp3) is 0.500. The number of nitrogens with two attached hydrogens (primary N) is 1. The minimum Gasteiger partial charge on any atom is -0.324 e. The van der Waals surface area contributed by atoms with E-state index in [1.807, 2.05) is 0 Å². The maximum absolute atomic E-state index is 5.91. The number of hydrogen-bond acceptors (Lipinski definition) is 1. The number of benzene rings is 1. The number of aryl methyl sites for hydroxylation is 1. The Bertz CT molecular complexity index is 326. The Morgan fingerprint density at radius 2 is 2.08 bits per heavy atom. The highest BCUT2D eigenvalue weighted by atomic mass is 14.6. The van der Waals surface area contributed by atoms with Crippen LogP contribution >= 0.6 is 0 Å². The van der Waals surface area contributed by atoms with Crippen LogP contribution in [0.1, 0.15) is 41.6 Å². The third kappa shape index (κ3) is 1.37. The molecule has 0 radical (unpaired) electrons. The van der Waals surface area contributed by atoms with Gasteiger partial charge in [-0.15, -0.1) is 0 Å². The van der Waals surface area contributed by atoms with Crippen LogP contribution < -0.4 is 5.73 Å². The van der Waals surface area contributed by atoms with Gasteiger partial charge in [-0.1, -0.05) is 12.1 Å². The highest BCUT2D eigenvalue weighted by Crippen LogP contribution is 2.29. The van der Waals surface area contributed by atoms with Crippen molar-refractivity contribution in [2.75, 3.05) is 0 Å². The van der Waals surface area contributed by atoms with Gasteiger partial charge >= 0.3 is 0 Å². The van der Waals surface area contributed by atoms with Crippen LogP contribution in [0.4, 0.5) is 0 Å². The van der Waals surface area contributed by atoms with Gasteiger partial charge in [0.2, 0.25) is 0 Å². The van der Waals surface area contributed by atoms with Crippen molar-refractivity contribution < 1.29 is 0 Å². The Hall–Kier alpha value is -0.820. The van der Waals surface area contributed by atoms with Crippen molar-refractivity contribution in [2.24, 2.45) is 5.73 Å². The predicted molar refractivity (Wildman–Crippen MR) is 55.8 cm³/mol. The second-order valence-corrected chi connectivity index (χ2v) is 4.06. The summed E-state index contributed by atoms with van der Waals surface area (Å²) in [6.07, 6.45) is 3.83. The molecule has 0 saturated heterocycles. The first-order valence-electron chi connectivity index (χ1n) is 5.07. The maximum atomic E-state index is 5.91. The second kappa shape index (κ2) is 3.15. The van der Waals surface area contributed by atoms with E-state index in [2.05, 4.69) is 26.0 Å². The van der Waals surface area contributed by atoms with Crippen molar-refractivity contribution in [3.63, 3.8) is 0 Å². The largest absolute Gasteiger partial charge is 0.324 e. The van der Waals surface area contributed by atoms with Gasteiger partial charge in [0.1, 0.15) is 0 Å². The summed E-state index contributed by atoms with van der Waals surface area (Å²) in [6, 6.07) is 4.63. The van der Waals surface area contributed by atoms with Gasteiger partial charge in [0.25, 0.3) is 0 Å². The fourth-order valence-corrected chi connectivity index (χ4v) is 2.36. The molecule has 1 heteroatoms. The van der Waals surface area contributed by atoms with Crippen LogP contribution in [0.5, 0.6) is 0 Å². The standard InChI is InChI=1S/C12H17N/c1-8-11(9(2)13)7-6-10-4-3-5-12(8)10/h6-7,9H,3-5,13H2,1-2H3. The fourth-order valence-electron chi connectivity index (χ4n) is 2.36. The molecule has 0 saturated carbocycles. The van der Waals surface area contributed by atoms with Crippen LogP contribution in [-0.4, -0.2) is 0 Å². The summed E-state index contributed by atoms with van der Waals surface area (Å²) < 4.78 is 0. The second-order valence-electron chi connectivity index (χ2n) is 4.06. The van der Waals surface area contributed by atoms with Gasteiger partial charge in [0.15, 0.2) is 0 Å². The molecule has 0 amide bonds. The van der Waals surface area contributed by atoms with Crippen molar-refractivity contribution >= 4 is 0 Å². The zero-order valence-corrected chi connectivity index (χ0v) is 8.43. The molecule has 1 aromatic carbocycles. The van der Waals surface area contributed by atoms with E-state index >= 15 is 0 Å². The number of hydrogen-bond donors (Lipinski definition) is 1. The van der Waals surface area contributed by atoms with E-state index in [9.17, 15) is 0 Å². The summed E-state index contributed by atoms with van der Waals surface area (Å²) in [4.78, 5) is 0. The molecule has 0 aromatic heterocycles. The van der Waals surface area contributed by atoms with Crippen LogP contribution in [-0.2, 0) is 12.8 Å². The summed E-state index contributed by atoms with van der Waals surface area (Å²) in [5, 5.41) is 0. The molecule has 0 spiro atoms. The normalized spacial score (nSPS) is 17.2. The van der Waals surface area contributed by atoms with Crippen molar-refractivity contribution in [2.45, 2.75) is 39.2 Å². The lowest BCUT2D eigenvalue weighted by Crippen LogP contribution is -2.08. The SMILES string of the molecule is Cc1c(C(C)N)ccc2c1CCC2. The minimum atomic E-state index is 0.172. The third-order valence-corrected chi connectivity index (χ3v) is 3.10. The molecule has 70 valence electrons. The molecule has 2 rings (SSSR count). The lowest BCUT2D eigenvalue weighted by atomic mass is 9.95. The van der Waals surface area contributed by atoms with Gasteiger partial charge in [-0.05, 0) is 55.4 Å². The van der Waals surface area contributed by atoms with E-state index in [1.54, 1.807) is 11.1 Å². The first-order chi connectivity index (χ1) is 6.20. The Morgan fingerprint density at radius 1 is 1.31 bits per heavy atom. The molecule has 1 aliphatic rings. The molecular weight excluding hydrogens is 158 g/mol. The highest BCUT2D eigenvalue weighted by Gasteiger charge is 2.15. The molecule has 0 bridgehead atoms. The van der Waals surface area contributed by atoms with Crippen molar-refractivity contribution in [1.82, 2.24) is 0 Å². The van der Waals surface area contributed by atoms with E-state index in [0.717, 1.165) is 0 Å². The molecule has 1 unspecified atom stereocenters. The van der Waals surface area contributed by atoms with E-state index in [4.69, 9.17) is 5.73 Å². The lowest BCUT2D eigenvalue weighted by Gasteiger charge is -2.13. The molecule has 1 atom stereocenters. The third-order valence-electron chi connectivity index (χ3n) is 3.10. The van der Waals surface area contributed by atoms with Crippen LogP contribution in [0.15, 0.2) is 12.1 Å². The lowest BCUT2D eigenvalue weighted by molar-refractivity contribution is 0.805. The van der Waals surface area contributed by atoms with Crippen molar-refractivity contribution in [3.05, 3.63) is 34.4 Å². The van der Waals surface area contributed by atoms with Crippen LogP contribution in [0, 0.1) is 6.92 Å². The van der Waals surface area contributed by atoms with Crippen LogP contribution in [0.2, 0.25) is 0 Å². The Morgan fingerprint density at radius 3 is 2.77 bits per heavy atom. The van der Waals surface area contributed by atoms with Crippen LogP contribution in [0.3, 0.4) is 0 Å². The van der Waals surface area contributed by atoms with Gasteiger partial charge in [-0.2, -0.15) is 0 Å². The molecule has 0 heterocycles. The van der Waals surface area contributed by atoms with E-state index in [0.29, 0.717) is 0 Å². The summed E-state index contributed by atoms with van der Waals surface area (Å²) >= 11 is 0. The summed E-state index contributed by atoms with van der Waals surface area (Å²) in [5.74, 6) is 0. The maximum Gasteiger partial charge on any atom is 0.0268 e. The number of rotatable bonds is 1. The molecule has 0 aliphatic heterocycles. The zero-order valence-electron chi connectivity index (χ0n) is 8.43. The van der Waals surface area contributed by atoms with Gasteiger partial charge in [0.05, 0.1) is 0 Å². The predicted octanol–water partition coefficient (Wildman–Crippen LogP) is 2.50. The van der Waals surface area contributed by atoms with Crippen molar-refractivity contribution in [1.29, 1.82) is 0 Å². The van der Waals surface area contributed by atoms with Crippen molar-refractivity contribution in [3.8, 4) is 0 Å². The van der Waals surface area contributed by atoms with Gasteiger partial charge in [-0.3, -0.25) is 0 Å². The zero-order chi connectivity index (χ0) is 9.42. The smallest absolute Gasteiger partial charge is 0.0268 e. The van der Waals surface area contributed by atoms with Crippen LogP contribution in [0.25, 0.3) is 0 Å². The topological polar surface area (TPSA) is 26.0 Å². The molecule has 2 N–H and O–H groups in total. The van der Waals surface area contributed by atoms with E-state index in [-0.39, 0.29) is 6.04 Å². The van der Waals surface area contributed by atoms with Gasteiger partial charge in [-0.25, -0.2) is 0 Å². The Balaban J connectivity index is 2.52. The van der Waals surface area contributed by atoms with E-state index < -0.39 is 0 Å². The average molecular weight is 175 g/mol. The van der Waals surface area contributed by atoms with Gasteiger partial charge in [0, 0.05) is 6.04 Å². The molecule has 1 aliphatic carbocycles. The molecular formula is C12H17N. The summed E-state index contributed by atoms with van der Waals surface area (Å²) in [6.45, 7) is 4.27. The molecule has 1 nitrogen and oxygen atoms in total. The van der Waals surface area contributed by atoms with E-state index in [1.165, 1.54) is 30.4 Å². The average Bonchev–Trinajstić information content (AvgIpc) is 2.52. The Labute approximate surface area is 80.0 Å². The number of fused-ring (bicyclic) bond motifs is 1. The Kier molecular flexibility index (Phi) is 2.12. The molecule has 13 heavy (non-hydrogen) atoms. The molecule has 1 aromatic rings. The highest BCUT2D eigenvalue weighted by molar-refractivity contribution is 5.43.